The standard InChI is InChI=1S/C15H20N6O3/c1-10-7-16-13(17-8-10)24-11-5-4-6-21(9-11)12-18-14(22-2)20-15(19-12)23-3/h7-8,11H,4-6,9H2,1-3H3. The first-order valence-corrected chi connectivity index (χ1v) is 7.72. The summed E-state index contributed by atoms with van der Waals surface area (Å²) in [4.78, 5) is 23.0. The van der Waals surface area contributed by atoms with Crippen molar-refractivity contribution in [1.29, 1.82) is 0 Å². The predicted molar refractivity (Wildman–Crippen MR) is 85.6 cm³/mol. The summed E-state index contributed by atoms with van der Waals surface area (Å²) >= 11 is 0. The van der Waals surface area contributed by atoms with Crippen LogP contribution in [0.3, 0.4) is 0 Å². The number of aromatic nitrogens is 5. The Labute approximate surface area is 140 Å². The molecular weight excluding hydrogens is 312 g/mol. The highest BCUT2D eigenvalue weighted by molar-refractivity contribution is 5.33. The topological polar surface area (TPSA) is 95.4 Å². The van der Waals surface area contributed by atoms with Gasteiger partial charge in [0.2, 0.25) is 5.95 Å². The van der Waals surface area contributed by atoms with Crippen molar-refractivity contribution in [3.63, 3.8) is 0 Å². The van der Waals surface area contributed by atoms with Crippen molar-refractivity contribution in [1.82, 2.24) is 24.9 Å². The van der Waals surface area contributed by atoms with Crippen LogP contribution in [0.15, 0.2) is 12.4 Å². The maximum absolute atomic E-state index is 5.88. The van der Waals surface area contributed by atoms with Crippen molar-refractivity contribution >= 4 is 5.95 Å². The van der Waals surface area contributed by atoms with Crippen LogP contribution in [0.5, 0.6) is 18.0 Å². The molecule has 1 saturated heterocycles. The quantitative estimate of drug-likeness (QED) is 0.795. The van der Waals surface area contributed by atoms with E-state index in [0.717, 1.165) is 24.9 Å². The van der Waals surface area contributed by atoms with Crippen LogP contribution in [-0.4, -0.2) is 58.3 Å². The molecule has 3 rings (SSSR count). The number of methoxy groups -OCH3 is 2. The van der Waals surface area contributed by atoms with Gasteiger partial charge in [0.15, 0.2) is 0 Å². The zero-order valence-corrected chi connectivity index (χ0v) is 14.0. The van der Waals surface area contributed by atoms with Crippen LogP contribution < -0.4 is 19.1 Å². The van der Waals surface area contributed by atoms with Gasteiger partial charge >= 0.3 is 18.0 Å². The van der Waals surface area contributed by atoms with Crippen LogP contribution in [-0.2, 0) is 0 Å². The van der Waals surface area contributed by atoms with Crippen molar-refractivity contribution < 1.29 is 14.2 Å². The number of rotatable bonds is 5. The summed E-state index contributed by atoms with van der Waals surface area (Å²) in [6, 6.07) is 0.835. The first kappa shape index (κ1) is 16.2. The lowest BCUT2D eigenvalue weighted by Crippen LogP contribution is -2.42. The molecule has 128 valence electrons. The highest BCUT2D eigenvalue weighted by atomic mass is 16.5. The minimum atomic E-state index is -0.0322. The van der Waals surface area contributed by atoms with Crippen molar-refractivity contribution in [3.05, 3.63) is 18.0 Å². The Balaban J connectivity index is 1.72. The largest absolute Gasteiger partial charge is 0.467 e. The maximum atomic E-state index is 5.88. The summed E-state index contributed by atoms with van der Waals surface area (Å²) in [6.45, 7) is 3.40. The molecule has 0 bridgehead atoms. The molecule has 0 aliphatic carbocycles. The molecule has 0 N–H and O–H groups in total. The minimum absolute atomic E-state index is 0.0322. The molecule has 1 aliphatic heterocycles. The highest BCUT2D eigenvalue weighted by Crippen LogP contribution is 2.22. The summed E-state index contributed by atoms with van der Waals surface area (Å²) in [7, 11) is 3.02. The molecule has 1 aliphatic rings. The predicted octanol–water partition coefficient (Wildman–Crippen LogP) is 1.04. The third-order valence-electron chi connectivity index (χ3n) is 3.64. The number of aryl methyl sites for hydroxylation is 1. The van der Waals surface area contributed by atoms with Gasteiger partial charge in [0.05, 0.1) is 20.8 Å². The molecule has 1 fully saturated rings. The molecule has 1 unspecified atom stereocenters. The van der Waals surface area contributed by atoms with E-state index in [1.54, 1.807) is 12.4 Å². The zero-order valence-electron chi connectivity index (χ0n) is 14.0. The molecule has 2 aromatic heterocycles. The lowest BCUT2D eigenvalue weighted by Gasteiger charge is -2.32. The maximum Gasteiger partial charge on any atom is 0.324 e. The Kier molecular flexibility index (Phi) is 4.88. The Hall–Kier alpha value is -2.71. The fourth-order valence-electron chi connectivity index (χ4n) is 2.46. The van der Waals surface area contributed by atoms with Crippen molar-refractivity contribution in [2.24, 2.45) is 0 Å². The van der Waals surface area contributed by atoms with Gasteiger partial charge in [-0.3, -0.25) is 0 Å². The molecule has 9 heteroatoms. The molecule has 2 aromatic rings. The first-order valence-electron chi connectivity index (χ1n) is 7.72. The lowest BCUT2D eigenvalue weighted by molar-refractivity contribution is 0.163. The number of anilines is 1. The third-order valence-corrected chi connectivity index (χ3v) is 3.64. The molecule has 9 nitrogen and oxygen atoms in total. The molecular formula is C15H20N6O3. The second-order valence-corrected chi connectivity index (χ2v) is 5.48. The van der Waals surface area contributed by atoms with Gasteiger partial charge in [0, 0.05) is 18.9 Å². The van der Waals surface area contributed by atoms with E-state index in [9.17, 15) is 0 Å². The normalized spacial score (nSPS) is 17.5. The van der Waals surface area contributed by atoms with E-state index >= 15 is 0 Å². The van der Waals surface area contributed by atoms with E-state index in [1.165, 1.54) is 14.2 Å². The van der Waals surface area contributed by atoms with Gasteiger partial charge in [0.25, 0.3) is 0 Å². The zero-order chi connectivity index (χ0) is 16.9. The van der Waals surface area contributed by atoms with Gasteiger partial charge < -0.3 is 19.1 Å². The van der Waals surface area contributed by atoms with Crippen molar-refractivity contribution in [2.45, 2.75) is 25.9 Å². The monoisotopic (exact) mass is 332 g/mol. The molecule has 0 saturated carbocycles. The van der Waals surface area contributed by atoms with Crippen molar-refractivity contribution in [3.8, 4) is 18.0 Å². The molecule has 0 aromatic carbocycles. The molecule has 24 heavy (non-hydrogen) atoms. The van der Waals surface area contributed by atoms with Crippen LogP contribution in [0.4, 0.5) is 5.95 Å². The van der Waals surface area contributed by atoms with E-state index in [1.807, 2.05) is 11.8 Å². The minimum Gasteiger partial charge on any atom is -0.467 e. The second-order valence-electron chi connectivity index (χ2n) is 5.48. The van der Waals surface area contributed by atoms with Crippen LogP contribution in [0.25, 0.3) is 0 Å². The SMILES string of the molecule is COc1nc(OC)nc(N2CCCC(Oc3ncc(C)cn3)C2)n1. The number of hydrogen-bond donors (Lipinski definition) is 0. The smallest absolute Gasteiger partial charge is 0.324 e. The highest BCUT2D eigenvalue weighted by Gasteiger charge is 2.25. The van der Waals surface area contributed by atoms with E-state index < -0.39 is 0 Å². The fraction of sp³-hybridized carbons (Fsp3) is 0.533. The van der Waals surface area contributed by atoms with Gasteiger partial charge in [-0.25, -0.2) is 9.97 Å². The van der Waals surface area contributed by atoms with Gasteiger partial charge in [0.1, 0.15) is 6.10 Å². The number of ether oxygens (including phenoxy) is 3. The van der Waals surface area contributed by atoms with Crippen LogP contribution in [0.1, 0.15) is 18.4 Å². The van der Waals surface area contributed by atoms with E-state index in [-0.39, 0.29) is 18.1 Å². The second kappa shape index (κ2) is 7.24. The summed E-state index contributed by atoms with van der Waals surface area (Å²) in [5.74, 6) is 0.511. The Morgan fingerprint density at radius 2 is 1.67 bits per heavy atom. The van der Waals surface area contributed by atoms with Gasteiger partial charge in [-0.2, -0.15) is 9.97 Å². The van der Waals surface area contributed by atoms with E-state index in [0.29, 0.717) is 18.5 Å². The molecule has 0 radical (unpaired) electrons. The van der Waals surface area contributed by atoms with Crippen LogP contribution in [0.2, 0.25) is 0 Å². The van der Waals surface area contributed by atoms with Gasteiger partial charge in [-0.05, 0) is 25.3 Å². The number of hydrogen-bond acceptors (Lipinski definition) is 9. The number of nitrogens with zero attached hydrogens (tertiary/aromatic N) is 6. The summed E-state index contributed by atoms with van der Waals surface area (Å²) in [6.07, 6.45) is 5.32. The molecule has 1 atom stereocenters. The van der Waals surface area contributed by atoms with E-state index in [4.69, 9.17) is 14.2 Å². The summed E-state index contributed by atoms with van der Waals surface area (Å²) in [5.41, 5.74) is 0.997. The lowest BCUT2D eigenvalue weighted by atomic mass is 10.1. The molecule has 0 amide bonds. The van der Waals surface area contributed by atoms with Crippen LogP contribution >= 0.6 is 0 Å². The fourth-order valence-corrected chi connectivity index (χ4v) is 2.46. The van der Waals surface area contributed by atoms with Gasteiger partial charge in [-0.1, -0.05) is 0 Å². The summed E-state index contributed by atoms with van der Waals surface area (Å²) < 4.78 is 16.1. The summed E-state index contributed by atoms with van der Waals surface area (Å²) in [5, 5.41) is 0. The first-order chi connectivity index (χ1) is 11.7. The Morgan fingerprint density at radius 3 is 2.29 bits per heavy atom. The Morgan fingerprint density at radius 1 is 1.00 bits per heavy atom. The molecule has 0 spiro atoms. The van der Waals surface area contributed by atoms with Gasteiger partial charge in [-0.15, -0.1) is 4.98 Å². The average molecular weight is 332 g/mol. The average Bonchev–Trinajstić information content (AvgIpc) is 2.63. The van der Waals surface area contributed by atoms with E-state index in [2.05, 4.69) is 24.9 Å². The third kappa shape index (κ3) is 3.79. The Bertz CT molecular complexity index is 659. The number of piperidine rings is 1. The molecule has 3 heterocycles. The van der Waals surface area contributed by atoms with Crippen LogP contribution in [0, 0.1) is 6.92 Å². The van der Waals surface area contributed by atoms with Crippen molar-refractivity contribution in [2.75, 3.05) is 32.2 Å².